The second kappa shape index (κ2) is 13.1. The van der Waals surface area contributed by atoms with E-state index in [1.165, 1.54) is 0 Å². The maximum Gasteiger partial charge on any atom is 0.310 e. The van der Waals surface area contributed by atoms with Gasteiger partial charge < -0.3 is 29.1 Å². The fourth-order valence-electron chi connectivity index (χ4n) is 4.40. The molecule has 8 nitrogen and oxygen atoms in total. The Kier molecular flexibility index (Phi) is 9.34. The summed E-state index contributed by atoms with van der Waals surface area (Å²) in [6.07, 6.45) is -0.362. The Morgan fingerprint density at radius 3 is 2.62 bits per heavy atom. The molecule has 1 atom stereocenters. The van der Waals surface area contributed by atoms with Gasteiger partial charge in [-0.3, -0.25) is 4.79 Å². The number of rotatable bonds is 12. The van der Waals surface area contributed by atoms with E-state index in [2.05, 4.69) is 6.07 Å². The average Bonchev–Trinajstić information content (AvgIpc) is 3.34. The molecule has 0 saturated carbocycles. The van der Waals surface area contributed by atoms with Gasteiger partial charge in [-0.05, 0) is 60.0 Å². The van der Waals surface area contributed by atoms with Crippen LogP contribution in [0.15, 0.2) is 65.1 Å². The monoisotopic (exact) mass is 528 g/mol. The van der Waals surface area contributed by atoms with Gasteiger partial charge in [0.05, 0.1) is 24.7 Å². The van der Waals surface area contributed by atoms with Crippen molar-refractivity contribution in [1.29, 1.82) is 5.26 Å². The van der Waals surface area contributed by atoms with E-state index in [1.807, 2.05) is 42.5 Å². The highest BCUT2D eigenvalue weighted by atomic mass is 16.6. The Morgan fingerprint density at radius 2 is 1.87 bits per heavy atom. The number of carbonyl (C=O) groups is 1. The number of fused-ring (bicyclic) bond motifs is 1. The SMILES string of the molecule is COCc1cc2cc(COc3cc(C#N)ccc3CC(=O)OC(C)COC)cc(-c3cccc(CN)c3)c2o1. The lowest BCUT2D eigenvalue weighted by atomic mass is 9.99. The number of furan rings is 1. The van der Waals surface area contributed by atoms with Crippen molar-refractivity contribution >= 4 is 16.9 Å². The van der Waals surface area contributed by atoms with Crippen LogP contribution in [0, 0.1) is 11.3 Å². The molecule has 0 aliphatic rings. The predicted molar refractivity (Wildman–Crippen MR) is 147 cm³/mol. The summed E-state index contributed by atoms with van der Waals surface area (Å²) in [5.74, 6) is 0.762. The number of benzene rings is 3. The maximum absolute atomic E-state index is 12.5. The number of carbonyl (C=O) groups excluding carboxylic acids is 1. The standard InChI is InChI=1S/C31H32N2O6/c1-20(17-35-2)38-30(34)14-25-8-7-22(16-33)12-29(25)37-18-23-10-26-13-27(19-36-3)39-31(26)28(11-23)24-6-4-5-21(9-24)15-32/h4-13,20H,14-15,17-19,32H2,1-3H3. The molecule has 3 aromatic carbocycles. The van der Waals surface area contributed by atoms with E-state index in [-0.39, 0.29) is 19.1 Å². The number of ether oxygens (including phenoxy) is 4. The first-order valence-corrected chi connectivity index (χ1v) is 12.6. The zero-order valence-corrected chi connectivity index (χ0v) is 22.4. The Balaban J connectivity index is 1.65. The van der Waals surface area contributed by atoms with Crippen LogP contribution in [0.1, 0.15) is 34.9 Å². The van der Waals surface area contributed by atoms with Gasteiger partial charge in [-0.1, -0.05) is 24.3 Å². The van der Waals surface area contributed by atoms with E-state index in [9.17, 15) is 10.1 Å². The summed E-state index contributed by atoms with van der Waals surface area (Å²) >= 11 is 0. The lowest BCUT2D eigenvalue weighted by Crippen LogP contribution is -2.21. The molecule has 0 aliphatic heterocycles. The summed E-state index contributed by atoms with van der Waals surface area (Å²) < 4.78 is 28.1. The quantitative estimate of drug-likeness (QED) is 0.247. The Bertz CT molecular complexity index is 1490. The minimum atomic E-state index is -0.401. The molecule has 0 amide bonds. The molecule has 0 radical (unpaired) electrons. The van der Waals surface area contributed by atoms with Gasteiger partial charge in [-0.15, -0.1) is 0 Å². The molecule has 202 valence electrons. The van der Waals surface area contributed by atoms with E-state index in [0.717, 1.165) is 33.2 Å². The Morgan fingerprint density at radius 1 is 1.03 bits per heavy atom. The molecule has 4 rings (SSSR count). The van der Waals surface area contributed by atoms with Crippen molar-refractivity contribution in [3.05, 3.63) is 88.7 Å². The number of nitrogens with two attached hydrogens (primary N) is 1. The number of esters is 1. The highest BCUT2D eigenvalue weighted by Crippen LogP contribution is 2.34. The van der Waals surface area contributed by atoms with E-state index < -0.39 is 5.97 Å². The molecule has 2 N–H and O–H groups in total. The Labute approximate surface area is 227 Å². The molecule has 0 spiro atoms. The zero-order valence-electron chi connectivity index (χ0n) is 22.4. The summed E-state index contributed by atoms with van der Waals surface area (Å²) in [4.78, 5) is 12.5. The van der Waals surface area contributed by atoms with Gasteiger partial charge in [0.2, 0.25) is 0 Å². The number of nitrogens with zero attached hydrogens (tertiary/aromatic N) is 1. The van der Waals surface area contributed by atoms with Crippen molar-refractivity contribution in [3.8, 4) is 22.9 Å². The minimum absolute atomic E-state index is 0.00731. The third-order valence-corrected chi connectivity index (χ3v) is 6.15. The van der Waals surface area contributed by atoms with Crippen LogP contribution in [0.3, 0.4) is 0 Å². The van der Waals surface area contributed by atoms with Crippen LogP contribution < -0.4 is 10.5 Å². The maximum atomic E-state index is 12.5. The van der Waals surface area contributed by atoms with Crippen molar-refractivity contribution in [1.82, 2.24) is 0 Å². The Hall–Kier alpha value is -4.16. The largest absolute Gasteiger partial charge is 0.489 e. The summed E-state index contributed by atoms with van der Waals surface area (Å²) in [6.45, 7) is 3.06. The second-order valence-electron chi connectivity index (χ2n) is 9.27. The zero-order chi connectivity index (χ0) is 27.8. The number of methoxy groups -OCH3 is 2. The second-order valence-corrected chi connectivity index (χ2v) is 9.27. The molecule has 39 heavy (non-hydrogen) atoms. The van der Waals surface area contributed by atoms with Crippen LogP contribution >= 0.6 is 0 Å². The first-order chi connectivity index (χ1) is 18.9. The number of nitriles is 1. The van der Waals surface area contributed by atoms with E-state index in [0.29, 0.717) is 42.4 Å². The first kappa shape index (κ1) is 27.9. The summed E-state index contributed by atoms with van der Waals surface area (Å²) in [5.41, 5.74) is 11.5. The van der Waals surface area contributed by atoms with Gasteiger partial charge in [0.1, 0.15) is 36.4 Å². The van der Waals surface area contributed by atoms with Crippen LogP contribution in [-0.2, 0) is 45.2 Å². The minimum Gasteiger partial charge on any atom is -0.489 e. The number of hydrogen-bond acceptors (Lipinski definition) is 8. The first-order valence-electron chi connectivity index (χ1n) is 12.6. The van der Waals surface area contributed by atoms with Crippen molar-refractivity contribution < 1.29 is 28.2 Å². The highest BCUT2D eigenvalue weighted by molar-refractivity contribution is 5.93. The number of hydrogen-bond donors (Lipinski definition) is 1. The molecule has 4 aromatic rings. The van der Waals surface area contributed by atoms with Crippen molar-refractivity contribution in [2.75, 3.05) is 20.8 Å². The molecular weight excluding hydrogens is 496 g/mol. The molecule has 0 fully saturated rings. The van der Waals surface area contributed by atoms with Gasteiger partial charge in [0.15, 0.2) is 0 Å². The van der Waals surface area contributed by atoms with Crippen molar-refractivity contribution in [2.45, 2.75) is 39.2 Å². The average molecular weight is 529 g/mol. The molecular formula is C31H32N2O6. The third-order valence-electron chi connectivity index (χ3n) is 6.15. The fraction of sp³-hybridized carbons (Fsp3) is 0.290. The molecule has 1 aromatic heterocycles. The van der Waals surface area contributed by atoms with Gasteiger partial charge >= 0.3 is 5.97 Å². The predicted octanol–water partition coefficient (Wildman–Crippen LogP) is 5.28. The van der Waals surface area contributed by atoms with Crippen molar-refractivity contribution in [3.63, 3.8) is 0 Å². The molecule has 0 aliphatic carbocycles. The highest BCUT2D eigenvalue weighted by Gasteiger charge is 2.16. The van der Waals surface area contributed by atoms with Crippen LogP contribution in [0.5, 0.6) is 5.75 Å². The summed E-state index contributed by atoms with van der Waals surface area (Å²) in [5, 5.41) is 10.3. The van der Waals surface area contributed by atoms with Gasteiger partial charge in [0, 0.05) is 37.3 Å². The normalized spacial score (nSPS) is 11.8. The molecule has 8 heteroatoms. The fourth-order valence-corrected chi connectivity index (χ4v) is 4.40. The summed E-state index contributed by atoms with van der Waals surface area (Å²) in [7, 11) is 3.18. The van der Waals surface area contributed by atoms with Crippen LogP contribution in [-0.4, -0.2) is 32.9 Å². The third kappa shape index (κ3) is 7.03. The molecule has 0 saturated heterocycles. The summed E-state index contributed by atoms with van der Waals surface area (Å²) in [6, 6.07) is 21.1. The van der Waals surface area contributed by atoms with Gasteiger partial charge in [-0.2, -0.15) is 5.26 Å². The van der Waals surface area contributed by atoms with Gasteiger partial charge in [-0.25, -0.2) is 0 Å². The lowest BCUT2D eigenvalue weighted by Gasteiger charge is -2.15. The smallest absolute Gasteiger partial charge is 0.310 e. The van der Waals surface area contributed by atoms with Crippen LogP contribution in [0.2, 0.25) is 0 Å². The lowest BCUT2D eigenvalue weighted by molar-refractivity contribution is -0.149. The van der Waals surface area contributed by atoms with E-state index in [4.69, 9.17) is 29.1 Å². The van der Waals surface area contributed by atoms with Crippen LogP contribution in [0.25, 0.3) is 22.1 Å². The molecule has 0 bridgehead atoms. The van der Waals surface area contributed by atoms with Crippen molar-refractivity contribution in [2.24, 2.45) is 5.73 Å². The van der Waals surface area contributed by atoms with E-state index in [1.54, 1.807) is 39.3 Å². The van der Waals surface area contributed by atoms with Crippen LogP contribution in [0.4, 0.5) is 0 Å². The van der Waals surface area contributed by atoms with Gasteiger partial charge in [0.25, 0.3) is 0 Å². The van der Waals surface area contributed by atoms with E-state index >= 15 is 0 Å². The topological polar surface area (TPSA) is 117 Å². The molecule has 1 heterocycles. The molecule has 1 unspecified atom stereocenters.